The smallest absolute Gasteiger partial charge is 0.146 e. The molecule has 1 heterocycles. The van der Waals surface area contributed by atoms with Gasteiger partial charge in [-0.1, -0.05) is 18.9 Å². The highest BCUT2D eigenvalue weighted by molar-refractivity contribution is 6.17. The van der Waals surface area contributed by atoms with E-state index in [1.807, 2.05) is 12.1 Å². The second kappa shape index (κ2) is 5.72. The second-order valence-electron chi connectivity index (χ2n) is 4.81. The number of hydrogen-bond acceptors (Lipinski definition) is 1. The fraction of sp³-hybridized carbons (Fsp3) is 0.571. The Morgan fingerprint density at radius 1 is 1.35 bits per heavy atom. The number of hydrogen-bond donors (Lipinski definition) is 0. The van der Waals surface area contributed by atoms with Gasteiger partial charge in [0.25, 0.3) is 0 Å². The first kappa shape index (κ1) is 12.7. The third-order valence-electron chi connectivity index (χ3n) is 3.53. The average Bonchev–Trinajstić information content (AvgIpc) is 2.54. The van der Waals surface area contributed by atoms with Crippen LogP contribution in [0.5, 0.6) is 0 Å². The van der Waals surface area contributed by atoms with Gasteiger partial charge in [0.1, 0.15) is 5.82 Å². The molecule has 1 fully saturated rings. The Balaban J connectivity index is 2.25. The third-order valence-corrected chi connectivity index (χ3v) is 3.84. The molecule has 0 saturated carbocycles. The number of halogens is 2. The molecule has 0 radical (unpaired) electrons. The van der Waals surface area contributed by atoms with Crippen LogP contribution in [0.2, 0.25) is 0 Å². The van der Waals surface area contributed by atoms with E-state index < -0.39 is 0 Å². The van der Waals surface area contributed by atoms with Crippen LogP contribution in [0.15, 0.2) is 18.2 Å². The Kier molecular flexibility index (Phi) is 4.27. The lowest BCUT2D eigenvalue weighted by Crippen LogP contribution is -2.33. The van der Waals surface area contributed by atoms with E-state index in [1.54, 1.807) is 6.07 Å². The van der Waals surface area contributed by atoms with Crippen molar-refractivity contribution in [3.8, 4) is 0 Å². The molecule has 1 aromatic carbocycles. The molecule has 0 N–H and O–H groups in total. The summed E-state index contributed by atoms with van der Waals surface area (Å²) in [7, 11) is 0. The third kappa shape index (κ3) is 2.92. The van der Waals surface area contributed by atoms with Gasteiger partial charge in [-0.05, 0) is 37.5 Å². The quantitative estimate of drug-likeness (QED) is 0.711. The van der Waals surface area contributed by atoms with Crippen molar-refractivity contribution in [1.29, 1.82) is 0 Å². The Morgan fingerprint density at radius 2 is 2.18 bits per heavy atom. The zero-order valence-corrected chi connectivity index (χ0v) is 11.0. The van der Waals surface area contributed by atoms with Gasteiger partial charge in [-0.25, -0.2) is 4.39 Å². The lowest BCUT2D eigenvalue weighted by Gasteiger charge is -2.29. The molecule has 2 rings (SSSR count). The van der Waals surface area contributed by atoms with Crippen molar-refractivity contribution in [2.45, 2.75) is 44.5 Å². The Morgan fingerprint density at radius 3 is 2.88 bits per heavy atom. The molecule has 1 aliphatic heterocycles. The molecule has 0 aromatic heterocycles. The first-order valence-corrected chi connectivity index (χ1v) is 6.87. The number of rotatable bonds is 2. The van der Waals surface area contributed by atoms with Crippen molar-refractivity contribution >= 4 is 17.3 Å². The summed E-state index contributed by atoms with van der Waals surface area (Å²) in [5.74, 6) is 0.226. The maximum Gasteiger partial charge on any atom is 0.146 e. The van der Waals surface area contributed by atoms with Crippen molar-refractivity contribution < 1.29 is 4.39 Å². The van der Waals surface area contributed by atoms with Crippen LogP contribution in [0.4, 0.5) is 10.1 Å². The summed E-state index contributed by atoms with van der Waals surface area (Å²) in [5.41, 5.74) is 1.57. The summed E-state index contributed by atoms with van der Waals surface area (Å²) in [6, 6.07) is 5.77. The Labute approximate surface area is 108 Å². The van der Waals surface area contributed by atoms with E-state index in [-0.39, 0.29) is 5.82 Å². The minimum atomic E-state index is -0.142. The van der Waals surface area contributed by atoms with Crippen LogP contribution in [-0.4, -0.2) is 12.6 Å². The summed E-state index contributed by atoms with van der Waals surface area (Å²) in [6.45, 7) is 3.14. The topological polar surface area (TPSA) is 3.24 Å². The van der Waals surface area contributed by atoms with Gasteiger partial charge in [0.15, 0.2) is 0 Å². The molecule has 0 spiro atoms. The van der Waals surface area contributed by atoms with Crippen LogP contribution >= 0.6 is 11.6 Å². The monoisotopic (exact) mass is 255 g/mol. The summed E-state index contributed by atoms with van der Waals surface area (Å²) in [5, 5.41) is 0. The molecule has 0 bridgehead atoms. The molecule has 1 aliphatic rings. The van der Waals surface area contributed by atoms with Gasteiger partial charge in [-0.15, -0.1) is 11.6 Å². The van der Waals surface area contributed by atoms with Crippen molar-refractivity contribution in [2.24, 2.45) is 0 Å². The molecule has 1 saturated heterocycles. The van der Waals surface area contributed by atoms with Crippen molar-refractivity contribution in [1.82, 2.24) is 0 Å². The van der Waals surface area contributed by atoms with Crippen LogP contribution in [0.25, 0.3) is 0 Å². The molecular weight excluding hydrogens is 237 g/mol. The highest BCUT2D eigenvalue weighted by Gasteiger charge is 2.19. The van der Waals surface area contributed by atoms with Crippen molar-refractivity contribution in [3.63, 3.8) is 0 Å². The molecule has 94 valence electrons. The van der Waals surface area contributed by atoms with Gasteiger partial charge in [-0.3, -0.25) is 0 Å². The SMILES string of the molecule is CC1CCCCCN1c1ccc(CCl)cc1F. The highest BCUT2D eigenvalue weighted by atomic mass is 35.5. The van der Waals surface area contributed by atoms with Crippen LogP contribution in [0.3, 0.4) is 0 Å². The van der Waals surface area contributed by atoms with Crippen molar-refractivity contribution in [2.75, 3.05) is 11.4 Å². The number of benzene rings is 1. The van der Waals surface area contributed by atoms with Crippen LogP contribution < -0.4 is 4.90 Å². The molecule has 0 amide bonds. The van der Waals surface area contributed by atoms with Gasteiger partial charge in [0.2, 0.25) is 0 Å². The van der Waals surface area contributed by atoms with Gasteiger partial charge in [-0.2, -0.15) is 0 Å². The number of anilines is 1. The fourth-order valence-corrected chi connectivity index (χ4v) is 2.67. The van der Waals surface area contributed by atoms with Gasteiger partial charge >= 0.3 is 0 Å². The van der Waals surface area contributed by atoms with Gasteiger partial charge in [0, 0.05) is 18.5 Å². The maximum absolute atomic E-state index is 14.0. The van der Waals surface area contributed by atoms with E-state index in [0.717, 1.165) is 30.6 Å². The zero-order chi connectivity index (χ0) is 12.3. The number of nitrogens with zero attached hydrogens (tertiary/aromatic N) is 1. The minimum Gasteiger partial charge on any atom is -0.366 e. The zero-order valence-electron chi connectivity index (χ0n) is 10.3. The summed E-state index contributed by atoms with van der Waals surface area (Å²) in [4.78, 5) is 2.19. The lowest BCUT2D eigenvalue weighted by molar-refractivity contribution is 0.580. The second-order valence-corrected chi connectivity index (χ2v) is 5.08. The summed E-state index contributed by atoms with van der Waals surface area (Å²) >= 11 is 5.71. The van der Waals surface area contributed by atoms with E-state index >= 15 is 0 Å². The lowest BCUT2D eigenvalue weighted by atomic mass is 10.1. The molecule has 0 aliphatic carbocycles. The molecule has 17 heavy (non-hydrogen) atoms. The standard InChI is InChI=1S/C14H19ClFN/c1-11-5-3-2-4-8-17(11)14-7-6-12(10-15)9-13(14)16/h6-7,9,11H,2-5,8,10H2,1H3. The van der Waals surface area contributed by atoms with E-state index in [9.17, 15) is 4.39 Å². The van der Waals surface area contributed by atoms with Gasteiger partial charge in [0.05, 0.1) is 5.69 Å². The first-order valence-electron chi connectivity index (χ1n) is 6.33. The van der Waals surface area contributed by atoms with E-state index in [1.165, 1.54) is 12.8 Å². The molecule has 1 atom stereocenters. The summed E-state index contributed by atoms with van der Waals surface area (Å²) < 4.78 is 14.0. The molecule has 1 aromatic rings. The van der Waals surface area contributed by atoms with Crippen LogP contribution in [0, 0.1) is 5.82 Å². The van der Waals surface area contributed by atoms with E-state index in [4.69, 9.17) is 11.6 Å². The highest BCUT2D eigenvalue weighted by Crippen LogP contribution is 2.27. The Hall–Kier alpha value is -0.760. The van der Waals surface area contributed by atoms with Gasteiger partial charge < -0.3 is 4.90 Å². The largest absolute Gasteiger partial charge is 0.366 e. The van der Waals surface area contributed by atoms with E-state index in [2.05, 4.69) is 11.8 Å². The van der Waals surface area contributed by atoms with E-state index in [0.29, 0.717) is 11.9 Å². The molecular formula is C14H19ClFN. The first-order chi connectivity index (χ1) is 8.22. The minimum absolute atomic E-state index is 0.142. The fourth-order valence-electron chi connectivity index (χ4n) is 2.50. The number of alkyl halides is 1. The predicted octanol–water partition coefficient (Wildman–Crippen LogP) is 4.33. The molecule has 3 heteroatoms. The average molecular weight is 256 g/mol. The maximum atomic E-state index is 14.0. The van der Waals surface area contributed by atoms with Crippen LogP contribution in [-0.2, 0) is 5.88 Å². The molecule has 1 nitrogen and oxygen atoms in total. The Bertz CT molecular complexity index is 380. The van der Waals surface area contributed by atoms with Crippen molar-refractivity contribution in [3.05, 3.63) is 29.6 Å². The summed E-state index contributed by atoms with van der Waals surface area (Å²) in [6.07, 6.45) is 4.80. The molecule has 1 unspecified atom stereocenters. The predicted molar refractivity (Wildman–Crippen MR) is 71.2 cm³/mol. The normalized spacial score (nSPS) is 21.4. The van der Waals surface area contributed by atoms with Crippen LogP contribution in [0.1, 0.15) is 38.2 Å².